The first-order chi connectivity index (χ1) is 14.2. The highest BCUT2D eigenvalue weighted by atomic mass is 32.2. The molecule has 4 aliphatic rings. The van der Waals surface area contributed by atoms with E-state index in [1.165, 1.54) is 16.7 Å². The van der Waals surface area contributed by atoms with Crippen LogP contribution >= 0.6 is 11.8 Å². The van der Waals surface area contributed by atoms with Gasteiger partial charge in [-0.25, -0.2) is 0 Å². The second-order valence-corrected chi connectivity index (χ2v) is 10.8. The Morgan fingerprint density at radius 3 is 2.70 bits per heavy atom. The summed E-state index contributed by atoms with van der Waals surface area (Å²) < 4.78 is 4.66. The Hall–Kier alpha value is -1.80. The number of hydrogen-bond donors (Lipinski definition) is 1. The number of esters is 1. The molecular weight excluding hydrogens is 404 g/mol. The number of rotatable bonds is 2. The van der Waals surface area contributed by atoms with Crippen LogP contribution in [0.3, 0.4) is 0 Å². The van der Waals surface area contributed by atoms with Gasteiger partial charge in [-0.1, -0.05) is 24.3 Å². The van der Waals surface area contributed by atoms with Crippen molar-refractivity contribution in [2.45, 2.75) is 55.2 Å². The Morgan fingerprint density at radius 1 is 1.23 bits per heavy atom. The summed E-state index contributed by atoms with van der Waals surface area (Å²) >= 11 is 1.53. The molecule has 4 rings (SSSR count). The lowest BCUT2D eigenvalue weighted by atomic mass is 9.78. The van der Waals surface area contributed by atoms with E-state index >= 15 is 0 Å². The number of cyclic esters (lactones) is 1. The van der Waals surface area contributed by atoms with Gasteiger partial charge < -0.3 is 19.6 Å². The number of nitrogens with zero attached hydrogens (tertiary/aromatic N) is 2. The van der Waals surface area contributed by atoms with Crippen LogP contribution < -0.4 is 0 Å². The first kappa shape index (κ1) is 21.4. The van der Waals surface area contributed by atoms with Gasteiger partial charge in [-0.05, 0) is 33.6 Å². The van der Waals surface area contributed by atoms with Gasteiger partial charge in [0.05, 0.1) is 29.8 Å². The highest BCUT2D eigenvalue weighted by Gasteiger charge is 2.71. The third-order valence-electron chi connectivity index (χ3n) is 6.50. The van der Waals surface area contributed by atoms with Crippen molar-refractivity contribution in [3.63, 3.8) is 0 Å². The maximum atomic E-state index is 13.8. The minimum Gasteiger partial charge on any atom is -0.465 e. The number of carbonyl (C=O) groups is 3. The molecule has 0 bridgehead atoms. The van der Waals surface area contributed by atoms with E-state index in [9.17, 15) is 19.5 Å². The van der Waals surface area contributed by atoms with Crippen LogP contribution in [0.1, 0.15) is 33.6 Å². The summed E-state index contributed by atoms with van der Waals surface area (Å²) in [6.07, 6.45) is 9.58. The van der Waals surface area contributed by atoms with Crippen LogP contribution in [0.25, 0.3) is 0 Å². The fraction of sp³-hybridized carbons (Fsp3) is 0.682. The van der Waals surface area contributed by atoms with Crippen LogP contribution in [0.15, 0.2) is 24.3 Å². The van der Waals surface area contributed by atoms with Gasteiger partial charge in [0, 0.05) is 23.9 Å². The number of carbonyl (C=O) groups excluding carboxylic acids is 3. The lowest BCUT2D eigenvalue weighted by Gasteiger charge is -2.40. The number of hydrogen-bond acceptors (Lipinski definition) is 6. The Balaban J connectivity index is 1.84. The molecule has 2 amide bonds. The molecule has 4 aliphatic heterocycles. The van der Waals surface area contributed by atoms with Gasteiger partial charge in [-0.2, -0.15) is 0 Å². The molecule has 8 heteroatoms. The topological polar surface area (TPSA) is 87.2 Å². The molecule has 0 saturated carbocycles. The zero-order valence-electron chi connectivity index (χ0n) is 17.7. The number of β-amino-alcohol motifs (C(OH)–C–C–N with tert-alkyl or cyclic N) is 1. The van der Waals surface area contributed by atoms with E-state index in [1.807, 2.05) is 39.0 Å². The number of amides is 2. The zero-order chi connectivity index (χ0) is 21.7. The van der Waals surface area contributed by atoms with Crippen LogP contribution in [-0.4, -0.2) is 80.6 Å². The predicted molar refractivity (Wildman–Crippen MR) is 114 cm³/mol. The van der Waals surface area contributed by atoms with Crippen molar-refractivity contribution in [3.8, 4) is 0 Å². The highest BCUT2D eigenvalue weighted by Crippen LogP contribution is 2.60. The van der Waals surface area contributed by atoms with E-state index in [2.05, 4.69) is 6.08 Å². The van der Waals surface area contributed by atoms with E-state index in [-0.39, 0.29) is 36.2 Å². The molecule has 0 radical (unpaired) electrons. The summed E-state index contributed by atoms with van der Waals surface area (Å²) in [5.41, 5.74) is -0.416. The lowest BCUT2D eigenvalue weighted by molar-refractivity contribution is -0.153. The molecular formula is C22H30N2O5S. The summed E-state index contributed by atoms with van der Waals surface area (Å²) in [6.45, 7) is 6.54. The summed E-state index contributed by atoms with van der Waals surface area (Å²) in [5.74, 6) is -2.06. The van der Waals surface area contributed by atoms with Gasteiger partial charge in [0.15, 0.2) is 0 Å². The Bertz CT molecular complexity index is 804. The largest absolute Gasteiger partial charge is 0.465 e. The monoisotopic (exact) mass is 434 g/mol. The second kappa shape index (κ2) is 7.71. The van der Waals surface area contributed by atoms with Gasteiger partial charge in [0.25, 0.3) is 0 Å². The predicted octanol–water partition coefficient (Wildman–Crippen LogP) is 1.37. The molecule has 0 aliphatic carbocycles. The number of likely N-dealkylation sites (tertiary alicyclic amines) is 1. The van der Waals surface area contributed by atoms with Gasteiger partial charge in [0.2, 0.25) is 11.8 Å². The van der Waals surface area contributed by atoms with Crippen molar-refractivity contribution in [2.75, 3.05) is 26.3 Å². The van der Waals surface area contributed by atoms with Crippen molar-refractivity contribution in [3.05, 3.63) is 24.3 Å². The number of aliphatic hydroxyl groups excluding tert-OH is 1. The van der Waals surface area contributed by atoms with E-state index in [1.54, 1.807) is 4.90 Å². The van der Waals surface area contributed by atoms with Crippen LogP contribution in [-0.2, 0) is 19.1 Å². The minimum absolute atomic E-state index is 0.0716. The van der Waals surface area contributed by atoms with Crippen molar-refractivity contribution in [2.24, 2.45) is 11.8 Å². The smallest absolute Gasteiger partial charge is 0.311 e. The van der Waals surface area contributed by atoms with Crippen LogP contribution in [0, 0.1) is 11.8 Å². The fourth-order valence-electron chi connectivity index (χ4n) is 5.20. The van der Waals surface area contributed by atoms with Crippen LogP contribution in [0.4, 0.5) is 0 Å². The zero-order valence-corrected chi connectivity index (χ0v) is 18.6. The van der Waals surface area contributed by atoms with Crippen molar-refractivity contribution in [1.29, 1.82) is 0 Å². The highest BCUT2D eigenvalue weighted by molar-refractivity contribution is 8.02. The molecule has 1 spiro atoms. The number of fused-ring (bicyclic) bond motifs is 2. The molecule has 164 valence electrons. The second-order valence-electron chi connectivity index (χ2n) is 9.36. The standard InChI is InChI=1S/C22H30N2O5S/c1-21(2,3)24-10-7-9-22-16(18(26)23(11-12-25)17(22)19(24)27)15-14(30-22)8-5-4-6-13-29-20(15)28/h5,7-9,14-17,25H,4,6,10-13H2,1-3H3/b8-5-/t14-,15+,16-,17?,22-/m0/s1. The average Bonchev–Trinajstić information content (AvgIpc) is 3.06. The molecule has 1 unspecified atom stereocenters. The van der Waals surface area contributed by atoms with E-state index < -0.39 is 28.2 Å². The molecule has 2 fully saturated rings. The van der Waals surface area contributed by atoms with Gasteiger partial charge >= 0.3 is 5.97 Å². The molecule has 5 atom stereocenters. The quantitative estimate of drug-likeness (QED) is 0.522. The van der Waals surface area contributed by atoms with Crippen molar-refractivity contribution >= 4 is 29.5 Å². The van der Waals surface area contributed by atoms with Crippen LogP contribution in [0.2, 0.25) is 0 Å². The number of allylic oxidation sites excluding steroid dienone is 1. The first-order valence-electron chi connectivity index (χ1n) is 10.6. The van der Waals surface area contributed by atoms with Crippen molar-refractivity contribution < 1.29 is 24.2 Å². The molecule has 7 nitrogen and oxygen atoms in total. The van der Waals surface area contributed by atoms with E-state index in [4.69, 9.17) is 4.74 Å². The molecule has 2 saturated heterocycles. The van der Waals surface area contributed by atoms with Gasteiger partial charge in [-0.15, -0.1) is 11.8 Å². The summed E-state index contributed by atoms with van der Waals surface area (Å²) in [5, 5.41) is 9.41. The third kappa shape index (κ3) is 3.19. The number of aliphatic hydroxyl groups is 1. The first-order valence-corrected chi connectivity index (χ1v) is 11.5. The molecule has 4 heterocycles. The Kier molecular flexibility index (Phi) is 5.51. The Morgan fingerprint density at radius 2 is 2.00 bits per heavy atom. The minimum atomic E-state index is -0.846. The molecule has 30 heavy (non-hydrogen) atoms. The SMILES string of the molecule is CC(C)(C)N1CC=C[C@]23S[C@H]4/C=C\CCCOC(=O)[C@H]4[C@H]2C(=O)N(CCO)C3C1=O. The fourth-order valence-corrected chi connectivity index (χ4v) is 7.21. The average molecular weight is 435 g/mol. The molecule has 0 aromatic rings. The maximum Gasteiger partial charge on any atom is 0.311 e. The van der Waals surface area contributed by atoms with E-state index in [0.717, 1.165) is 12.8 Å². The molecule has 0 aromatic heterocycles. The summed E-state index contributed by atoms with van der Waals surface area (Å²) in [7, 11) is 0. The van der Waals surface area contributed by atoms with E-state index in [0.29, 0.717) is 13.2 Å². The summed E-state index contributed by atoms with van der Waals surface area (Å²) in [6, 6.07) is -0.748. The van der Waals surface area contributed by atoms with Gasteiger partial charge in [0.1, 0.15) is 6.04 Å². The number of thioether (sulfide) groups is 1. The Labute approximate surface area is 181 Å². The third-order valence-corrected chi connectivity index (χ3v) is 8.25. The molecule has 0 aromatic carbocycles. The van der Waals surface area contributed by atoms with Gasteiger partial charge in [-0.3, -0.25) is 14.4 Å². The van der Waals surface area contributed by atoms with Crippen molar-refractivity contribution in [1.82, 2.24) is 9.80 Å². The van der Waals surface area contributed by atoms with Crippen LogP contribution in [0.5, 0.6) is 0 Å². The lowest BCUT2D eigenvalue weighted by Crippen LogP contribution is -2.57. The maximum absolute atomic E-state index is 13.8. The summed E-state index contributed by atoms with van der Waals surface area (Å²) in [4.78, 5) is 43.7. The normalized spacial score (nSPS) is 37.5. The number of ether oxygens (including phenoxy) is 1. The molecule has 1 N–H and O–H groups in total.